The molecule has 1 saturated heterocycles. The molecule has 4 rings (SSSR count). The molecule has 9 heteroatoms. The van der Waals surface area contributed by atoms with Crippen LogP contribution in [0.25, 0.3) is 0 Å². The quantitative estimate of drug-likeness (QED) is 0.466. The van der Waals surface area contributed by atoms with Gasteiger partial charge in [0.2, 0.25) is 15.9 Å². The van der Waals surface area contributed by atoms with Crippen molar-refractivity contribution < 1.29 is 22.8 Å². The number of carbonyl (C=O) groups excluding carboxylic acids is 3. The first kappa shape index (κ1) is 24.3. The molecular weight excluding hydrogens is 466 g/mol. The van der Waals surface area contributed by atoms with Gasteiger partial charge in [0.05, 0.1) is 4.90 Å². The minimum Gasteiger partial charge on any atom is -0.322 e. The lowest BCUT2D eigenvalue weighted by Crippen LogP contribution is -2.23. The Morgan fingerprint density at radius 3 is 2.09 bits per heavy atom. The first-order valence-corrected chi connectivity index (χ1v) is 12.6. The lowest BCUT2D eigenvalue weighted by atomic mass is 10.1. The van der Waals surface area contributed by atoms with E-state index in [1.807, 2.05) is 12.1 Å². The molecule has 35 heavy (non-hydrogen) atoms. The van der Waals surface area contributed by atoms with E-state index in [9.17, 15) is 22.8 Å². The van der Waals surface area contributed by atoms with E-state index in [1.54, 1.807) is 41.3 Å². The van der Waals surface area contributed by atoms with E-state index in [-0.39, 0.29) is 29.0 Å². The van der Waals surface area contributed by atoms with Crippen molar-refractivity contribution >= 4 is 39.0 Å². The van der Waals surface area contributed by atoms with Gasteiger partial charge in [-0.05, 0) is 67.4 Å². The number of sulfonamides is 1. The molecule has 1 fully saturated rings. The number of carbonyl (C=O) groups is 3. The van der Waals surface area contributed by atoms with Gasteiger partial charge >= 0.3 is 0 Å². The van der Waals surface area contributed by atoms with E-state index in [4.69, 9.17) is 0 Å². The minimum atomic E-state index is -3.75. The molecule has 1 aliphatic rings. The van der Waals surface area contributed by atoms with E-state index in [2.05, 4.69) is 10.0 Å². The third kappa shape index (κ3) is 5.82. The first-order valence-electron chi connectivity index (χ1n) is 11.1. The fourth-order valence-corrected chi connectivity index (χ4v) is 4.77. The maximum atomic E-state index is 12.6. The predicted octanol–water partition coefficient (Wildman–Crippen LogP) is 3.75. The summed E-state index contributed by atoms with van der Waals surface area (Å²) in [5.41, 5.74) is 2.97. The maximum Gasteiger partial charge on any atom is 0.255 e. The monoisotopic (exact) mass is 491 g/mol. The van der Waals surface area contributed by atoms with Crippen LogP contribution in [0.2, 0.25) is 0 Å². The van der Waals surface area contributed by atoms with Crippen molar-refractivity contribution in [2.24, 2.45) is 0 Å². The van der Waals surface area contributed by atoms with Crippen molar-refractivity contribution in [3.8, 4) is 0 Å². The number of nitrogens with one attached hydrogen (secondary N) is 2. The summed E-state index contributed by atoms with van der Waals surface area (Å²) in [7, 11) is -3.75. The predicted molar refractivity (Wildman–Crippen MR) is 133 cm³/mol. The second-order valence-electron chi connectivity index (χ2n) is 8.25. The Balaban J connectivity index is 1.33. The molecule has 8 nitrogen and oxygen atoms in total. The number of Topliss-reactive ketones (excluding diaryl/α,β-unsaturated/α-hetero) is 1. The van der Waals surface area contributed by atoms with E-state index < -0.39 is 10.0 Å². The summed E-state index contributed by atoms with van der Waals surface area (Å²) in [4.78, 5) is 37.6. The lowest BCUT2D eigenvalue weighted by molar-refractivity contribution is -0.117. The standard InChI is InChI=1S/C26H25N3O5S/c1-18(30)20-8-14-24(15-9-20)35(33,34)27-17-19-4-6-21(7-5-19)26(32)28-22-10-12-23(13-11-22)29-16-2-3-25(29)31/h4-15,27H,2-3,16-17H2,1H3,(H,28,32). The Bertz CT molecular complexity index is 1350. The molecule has 2 N–H and O–H groups in total. The molecule has 0 radical (unpaired) electrons. The van der Waals surface area contributed by atoms with Gasteiger partial charge in [-0.1, -0.05) is 24.3 Å². The highest BCUT2D eigenvalue weighted by molar-refractivity contribution is 7.89. The Kier molecular flexibility index (Phi) is 7.09. The Morgan fingerprint density at radius 2 is 1.51 bits per heavy atom. The van der Waals surface area contributed by atoms with Gasteiger partial charge in [0.25, 0.3) is 5.91 Å². The third-order valence-electron chi connectivity index (χ3n) is 5.76. The van der Waals surface area contributed by atoms with Crippen molar-refractivity contribution in [1.82, 2.24) is 4.72 Å². The lowest BCUT2D eigenvalue weighted by Gasteiger charge is -2.16. The SMILES string of the molecule is CC(=O)c1ccc(S(=O)(=O)NCc2ccc(C(=O)Nc3ccc(N4CCCC4=O)cc3)cc2)cc1. The van der Waals surface area contributed by atoms with Crippen molar-refractivity contribution in [1.29, 1.82) is 0 Å². The van der Waals surface area contributed by atoms with Crippen LogP contribution >= 0.6 is 0 Å². The molecule has 3 aromatic carbocycles. The van der Waals surface area contributed by atoms with Crippen molar-refractivity contribution in [2.75, 3.05) is 16.8 Å². The minimum absolute atomic E-state index is 0.0510. The number of rotatable bonds is 8. The molecule has 0 aromatic heterocycles. The smallest absolute Gasteiger partial charge is 0.255 e. The summed E-state index contributed by atoms with van der Waals surface area (Å²) >= 11 is 0. The van der Waals surface area contributed by atoms with Crippen molar-refractivity contribution in [3.05, 3.63) is 89.5 Å². The van der Waals surface area contributed by atoms with Gasteiger partial charge in [-0.15, -0.1) is 0 Å². The topological polar surface area (TPSA) is 113 Å². The molecule has 0 atom stereocenters. The molecule has 0 bridgehead atoms. The van der Waals surface area contributed by atoms with Crippen LogP contribution in [0.3, 0.4) is 0 Å². The van der Waals surface area contributed by atoms with Gasteiger partial charge in [-0.3, -0.25) is 14.4 Å². The van der Waals surface area contributed by atoms with Crippen LogP contribution in [-0.2, 0) is 21.4 Å². The number of benzene rings is 3. The second-order valence-corrected chi connectivity index (χ2v) is 10.0. The number of anilines is 2. The van der Waals surface area contributed by atoms with E-state index in [0.29, 0.717) is 35.3 Å². The Labute approximate surface area is 204 Å². The molecule has 0 unspecified atom stereocenters. The molecule has 0 saturated carbocycles. The number of ketones is 1. The molecule has 2 amide bonds. The number of hydrogen-bond acceptors (Lipinski definition) is 5. The fraction of sp³-hybridized carbons (Fsp3) is 0.192. The summed E-state index contributed by atoms with van der Waals surface area (Å²) < 4.78 is 27.5. The zero-order valence-electron chi connectivity index (χ0n) is 19.2. The van der Waals surface area contributed by atoms with Gasteiger partial charge in [0.15, 0.2) is 5.78 Å². The molecule has 0 aliphatic carbocycles. The van der Waals surface area contributed by atoms with Crippen LogP contribution in [0.5, 0.6) is 0 Å². The summed E-state index contributed by atoms with van der Waals surface area (Å²) in [5.74, 6) is -0.329. The average molecular weight is 492 g/mol. The van der Waals surface area contributed by atoms with Gasteiger partial charge in [-0.2, -0.15) is 0 Å². The number of hydrogen-bond donors (Lipinski definition) is 2. The van der Waals surface area contributed by atoms with Crippen molar-refractivity contribution in [2.45, 2.75) is 31.2 Å². The van der Waals surface area contributed by atoms with Crippen LogP contribution in [0.4, 0.5) is 11.4 Å². The largest absolute Gasteiger partial charge is 0.322 e. The van der Waals surface area contributed by atoms with Gasteiger partial charge in [0, 0.05) is 42.0 Å². The van der Waals surface area contributed by atoms with Crippen LogP contribution in [0.15, 0.2) is 77.7 Å². The summed E-state index contributed by atoms with van der Waals surface area (Å²) in [6, 6.07) is 19.5. The van der Waals surface area contributed by atoms with Crippen LogP contribution in [-0.4, -0.2) is 32.6 Å². The molecule has 1 heterocycles. The molecule has 3 aromatic rings. The van der Waals surface area contributed by atoms with E-state index in [1.165, 1.54) is 31.2 Å². The van der Waals surface area contributed by atoms with E-state index >= 15 is 0 Å². The molecule has 1 aliphatic heterocycles. The van der Waals surface area contributed by atoms with Gasteiger partial charge in [-0.25, -0.2) is 13.1 Å². The highest BCUT2D eigenvalue weighted by Crippen LogP contribution is 2.23. The number of nitrogens with zero attached hydrogens (tertiary/aromatic N) is 1. The second kappa shape index (κ2) is 10.2. The normalized spacial score (nSPS) is 13.6. The zero-order chi connectivity index (χ0) is 25.0. The highest BCUT2D eigenvalue weighted by atomic mass is 32.2. The maximum absolute atomic E-state index is 12.6. The third-order valence-corrected chi connectivity index (χ3v) is 7.18. The van der Waals surface area contributed by atoms with Crippen LogP contribution < -0.4 is 14.9 Å². The van der Waals surface area contributed by atoms with Gasteiger partial charge < -0.3 is 10.2 Å². The molecule has 180 valence electrons. The van der Waals surface area contributed by atoms with Crippen LogP contribution in [0, 0.1) is 0 Å². The van der Waals surface area contributed by atoms with Crippen molar-refractivity contribution in [3.63, 3.8) is 0 Å². The molecular formula is C26H25N3O5S. The highest BCUT2D eigenvalue weighted by Gasteiger charge is 2.21. The fourth-order valence-electron chi connectivity index (χ4n) is 3.75. The zero-order valence-corrected chi connectivity index (χ0v) is 20.0. The molecule has 0 spiro atoms. The summed E-state index contributed by atoms with van der Waals surface area (Å²) in [6.45, 7) is 2.18. The first-order chi connectivity index (χ1) is 16.7. The average Bonchev–Trinajstić information content (AvgIpc) is 3.29. The van der Waals surface area contributed by atoms with E-state index in [0.717, 1.165) is 12.1 Å². The van der Waals surface area contributed by atoms with Crippen LogP contribution in [0.1, 0.15) is 46.0 Å². The number of amides is 2. The Morgan fingerprint density at radius 1 is 0.886 bits per heavy atom. The Hall–Kier alpha value is -3.82. The summed E-state index contributed by atoms with van der Waals surface area (Å²) in [5, 5.41) is 2.82. The summed E-state index contributed by atoms with van der Waals surface area (Å²) in [6.07, 6.45) is 1.41. The van der Waals surface area contributed by atoms with Gasteiger partial charge in [0.1, 0.15) is 0 Å².